The van der Waals surface area contributed by atoms with Gasteiger partial charge in [-0.05, 0) is 64.4 Å². The van der Waals surface area contributed by atoms with Gasteiger partial charge in [0.25, 0.3) is 0 Å². The second-order valence-electron chi connectivity index (χ2n) is 9.10. The molecule has 1 fully saturated rings. The minimum atomic E-state index is -0.704. The van der Waals surface area contributed by atoms with E-state index < -0.39 is 11.6 Å². The van der Waals surface area contributed by atoms with E-state index in [2.05, 4.69) is 43.2 Å². The molecule has 0 spiro atoms. The Hall–Kier alpha value is -2.26. The van der Waals surface area contributed by atoms with Gasteiger partial charge in [-0.1, -0.05) is 0 Å². The zero-order valence-electron chi connectivity index (χ0n) is 17.9. The maximum absolute atomic E-state index is 14.6. The molecule has 162 valence electrons. The number of halogens is 2. The summed E-state index contributed by atoms with van der Waals surface area (Å²) in [5.41, 5.74) is 0.179. The Balaban J connectivity index is 1.74. The monoisotopic (exact) mass is 434 g/mol. The van der Waals surface area contributed by atoms with Crippen molar-refractivity contribution in [2.24, 2.45) is 0 Å². The molecule has 0 saturated carbocycles. The topological polar surface area (TPSA) is 91.7 Å². The van der Waals surface area contributed by atoms with E-state index in [4.69, 9.17) is 10.8 Å². The number of benzene rings is 1. The van der Waals surface area contributed by atoms with E-state index in [0.29, 0.717) is 5.56 Å². The molecule has 0 radical (unpaired) electrons. The lowest BCUT2D eigenvalue weighted by Crippen LogP contribution is -2.62. The molecule has 4 N–H and O–H groups in total. The number of aromatic amines is 1. The van der Waals surface area contributed by atoms with Crippen LogP contribution in [0.3, 0.4) is 0 Å². The number of thioether (sulfide) groups is 1. The van der Waals surface area contributed by atoms with E-state index in [-0.39, 0.29) is 38.5 Å². The van der Waals surface area contributed by atoms with Crippen molar-refractivity contribution in [1.82, 2.24) is 20.4 Å². The molecular formula is C21H28F2N6S. The first-order valence-electron chi connectivity index (χ1n) is 9.74. The fourth-order valence-electron chi connectivity index (χ4n) is 4.27. The SMILES string of the molecule is CN(C(=N)SC(=N)c1cc(F)c(-c2cn[nH]c2)cc1F)C1CC(C)(C)NC(C)(C)C1. The smallest absolute Gasteiger partial charge is 0.162 e. The Morgan fingerprint density at radius 1 is 1.13 bits per heavy atom. The van der Waals surface area contributed by atoms with Gasteiger partial charge in [0.2, 0.25) is 0 Å². The van der Waals surface area contributed by atoms with Crippen LogP contribution in [0.1, 0.15) is 46.1 Å². The number of piperidine rings is 1. The van der Waals surface area contributed by atoms with Crippen molar-refractivity contribution in [2.75, 3.05) is 7.05 Å². The zero-order valence-corrected chi connectivity index (χ0v) is 18.7. The summed E-state index contributed by atoms with van der Waals surface area (Å²) in [4.78, 5) is 1.83. The minimum Gasteiger partial charge on any atom is -0.351 e. The van der Waals surface area contributed by atoms with Crippen LogP contribution in [0.4, 0.5) is 8.78 Å². The maximum Gasteiger partial charge on any atom is 0.162 e. The van der Waals surface area contributed by atoms with Gasteiger partial charge in [-0.3, -0.25) is 15.9 Å². The van der Waals surface area contributed by atoms with E-state index in [1.165, 1.54) is 12.4 Å². The first kappa shape index (κ1) is 22.4. The largest absolute Gasteiger partial charge is 0.351 e. The molecule has 2 heterocycles. The lowest BCUT2D eigenvalue weighted by atomic mass is 9.79. The molecule has 2 aromatic rings. The normalized spacial score (nSPS) is 18.2. The molecule has 0 atom stereocenters. The predicted molar refractivity (Wildman–Crippen MR) is 118 cm³/mol. The van der Waals surface area contributed by atoms with Crippen molar-refractivity contribution >= 4 is 22.0 Å². The highest BCUT2D eigenvalue weighted by Crippen LogP contribution is 2.33. The van der Waals surface area contributed by atoms with Crippen LogP contribution in [0.5, 0.6) is 0 Å². The number of H-pyrrole nitrogens is 1. The van der Waals surface area contributed by atoms with Crippen LogP contribution in [0, 0.1) is 22.5 Å². The Labute approximate surface area is 179 Å². The first-order chi connectivity index (χ1) is 13.9. The highest BCUT2D eigenvalue weighted by Gasteiger charge is 2.39. The van der Waals surface area contributed by atoms with E-state index >= 15 is 0 Å². The highest BCUT2D eigenvalue weighted by molar-refractivity contribution is 8.26. The number of hydrogen-bond acceptors (Lipinski definition) is 5. The number of nitrogens with one attached hydrogen (secondary N) is 4. The number of hydrogen-bond donors (Lipinski definition) is 4. The van der Waals surface area contributed by atoms with Crippen LogP contribution >= 0.6 is 11.8 Å². The third kappa shape index (κ3) is 4.89. The molecule has 1 aliphatic rings. The van der Waals surface area contributed by atoms with Gasteiger partial charge in [-0.2, -0.15) is 5.10 Å². The van der Waals surface area contributed by atoms with Crippen LogP contribution in [0.25, 0.3) is 11.1 Å². The van der Waals surface area contributed by atoms with E-state index in [1.54, 1.807) is 0 Å². The quantitative estimate of drug-likeness (QED) is 0.420. The standard InChI is InChI=1S/C21H28F2N6S/c1-20(2)8-13(9-21(3,4)28-20)29(5)19(25)30-18(24)15-7-16(22)14(6-17(15)23)12-10-26-27-11-12/h6-7,10-11,13,24-25,28H,8-9H2,1-5H3,(H,26,27). The summed E-state index contributed by atoms with van der Waals surface area (Å²) in [6, 6.07) is 2.18. The summed E-state index contributed by atoms with van der Waals surface area (Å²) in [7, 11) is 1.82. The van der Waals surface area contributed by atoms with Gasteiger partial charge in [-0.15, -0.1) is 0 Å². The second kappa shape index (κ2) is 8.11. The molecule has 1 saturated heterocycles. The lowest BCUT2D eigenvalue weighted by molar-refractivity contribution is 0.114. The van der Waals surface area contributed by atoms with Crippen LogP contribution in [0.2, 0.25) is 0 Å². The lowest BCUT2D eigenvalue weighted by Gasteiger charge is -2.49. The fourth-order valence-corrected chi connectivity index (χ4v) is 5.02. The molecule has 0 unspecified atom stereocenters. The number of aromatic nitrogens is 2. The van der Waals surface area contributed by atoms with Crippen molar-refractivity contribution in [3.05, 3.63) is 41.7 Å². The average Bonchev–Trinajstić information content (AvgIpc) is 3.14. The molecular weight excluding hydrogens is 406 g/mol. The predicted octanol–water partition coefficient (Wildman–Crippen LogP) is 4.59. The summed E-state index contributed by atoms with van der Waals surface area (Å²) in [5, 5.41) is 26.6. The summed E-state index contributed by atoms with van der Waals surface area (Å²) in [6.07, 6.45) is 4.56. The summed E-state index contributed by atoms with van der Waals surface area (Å²) in [6.45, 7) is 8.53. The molecule has 0 bridgehead atoms. The number of nitrogens with zero attached hydrogens (tertiary/aromatic N) is 2. The molecule has 0 amide bonds. The van der Waals surface area contributed by atoms with Crippen molar-refractivity contribution in [3.63, 3.8) is 0 Å². The molecule has 6 nitrogen and oxygen atoms in total. The van der Waals surface area contributed by atoms with Gasteiger partial charge >= 0.3 is 0 Å². The Morgan fingerprint density at radius 3 is 2.33 bits per heavy atom. The number of rotatable bonds is 3. The Bertz CT molecular complexity index is 939. The van der Waals surface area contributed by atoms with Gasteiger partial charge in [-0.25, -0.2) is 8.78 Å². The third-order valence-electron chi connectivity index (χ3n) is 5.35. The Kier molecular flexibility index (Phi) is 6.06. The molecule has 9 heteroatoms. The minimum absolute atomic E-state index is 0.0779. The van der Waals surface area contributed by atoms with Gasteiger partial charge in [0.05, 0.1) is 6.20 Å². The maximum atomic E-state index is 14.6. The van der Waals surface area contributed by atoms with E-state index in [1.807, 2.05) is 11.9 Å². The third-order valence-corrected chi connectivity index (χ3v) is 6.25. The van der Waals surface area contributed by atoms with Crippen LogP contribution in [-0.4, -0.2) is 49.5 Å². The molecule has 1 aromatic heterocycles. The molecule has 0 aliphatic carbocycles. The summed E-state index contributed by atoms with van der Waals surface area (Å²) < 4.78 is 29.2. The first-order valence-corrected chi connectivity index (χ1v) is 10.6. The fraction of sp³-hybridized carbons (Fsp3) is 0.476. The van der Waals surface area contributed by atoms with Crippen molar-refractivity contribution in [1.29, 1.82) is 10.8 Å². The molecule has 1 aromatic carbocycles. The zero-order chi connectivity index (χ0) is 22.3. The molecule has 30 heavy (non-hydrogen) atoms. The van der Waals surface area contributed by atoms with Gasteiger partial charge in [0, 0.05) is 47.1 Å². The van der Waals surface area contributed by atoms with Crippen molar-refractivity contribution in [3.8, 4) is 11.1 Å². The second-order valence-corrected chi connectivity index (χ2v) is 10.1. The van der Waals surface area contributed by atoms with Crippen LogP contribution in [-0.2, 0) is 0 Å². The highest BCUT2D eigenvalue weighted by atomic mass is 32.2. The van der Waals surface area contributed by atoms with Crippen molar-refractivity contribution in [2.45, 2.75) is 57.7 Å². The average molecular weight is 435 g/mol. The van der Waals surface area contributed by atoms with Gasteiger partial charge < -0.3 is 10.2 Å². The van der Waals surface area contributed by atoms with E-state index in [0.717, 1.165) is 36.7 Å². The van der Waals surface area contributed by atoms with Crippen LogP contribution < -0.4 is 5.32 Å². The van der Waals surface area contributed by atoms with Gasteiger partial charge in [0.1, 0.15) is 16.7 Å². The van der Waals surface area contributed by atoms with Crippen molar-refractivity contribution < 1.29 is 8.78 Å². The van der Waals surface area contributed by atoms with Crippen LogP contribution in [0.15, 0.2) is 24.5 Å². The van der Waals surface area contributed by atoms with E-state index in [9.17, 15) is 8.78 Å². The summed E-state index contributed by atoms with van der Waals surface area (Å²) >= 11 is 0.828. The molecule has 1 aliphatic heterocycles. The Morgan fingerprint density at radius 2 is 1.77 bits per heavy atom. The number of amidine groups is 1. The van der Waals surface area contributed by atoms with Gasteiger partial charge in [0.15, 0.2) is 5.17 Å². The molecule has 3 rings (SSSR count). The summed E-state index contributed by atoms with van der Waals surface area (Å²) in [5.74, 6) is -1.34.